The number of morpholine rings is 1. The third kappa shape index (κ3) is 5.05. The van der Waals surface area contributed by atoms with E-state index in [9.17, 15) is 0 Å². The Hall–Kier alpha value is -0.360. The molecule has 0 bridgehead atoms. The number of nitrogens with zero attached hydrogens (tertiary/aromatic N) is 1. The van der Waals surface area contributed by atoms with Gasteiger partial charge in [0.15, 0.2) is 0 Å². The summed E-state index contributed by atoms with van der Waals surface area (Å²) in [6.07, 6.45) is 2.61. The fraction of sp³-hybridized carbons (Fsp3) is 0.647. The summed E-state index contributed by atoms with van der Waals surface area (Å²) in [5, 5.41) is 1.15. The van der Waals surface area contributed by atoms with Gasteiger partial charge in [-0.15, -0.1) is 0 Å². The molecule has 128 valence electrons. The van der Waals surface area contributed by atoms with Gasteiger partial charge in [0.1, 0.15) is 0 Å². The molecule has 4 nitrogen and oxygen atoms in total. The van der Waals surface area contributed by atoms with Crippen molar-refractivity contribution in [1.82, 2.24) is 4.90 Å². The van der Waals surface area contributed by atoms with Crippen LogP contribution in [0.4, 0.5) is 0 Å². The molecule has 23 heavy (non-hydrogen) atoms. The summed E-state index contributed by atoms with van der Waals surface area (Å²) in [4.78, 5) is 2.37. The van der Waals surface area contributed by atoms with Crippen molar-refractivity contribution in [1.29, 1.82) is 0 Å². The maximum atomic E-state index is 6.10. The van der Waals surface area contributed by atoms with E-state index in [2.05, 4.69) is 4.90 Å². The Morgan fingerprint density at radius 3 is 2.87 bits per heavy atom. The van der Waals surface area contributed by atoms with Crippen LogP contribution in [-0.2, 0) is 14.2 Å². The van der Waals surface area contributed by atoms with Crippen LogP contribution in [0.3, 0.4) is 0 Å². The van der Waals surface area contributed by atoms with E-state index in [1.54, 1.807) is 0 Å². The lowest BCUT2D eigenvalue weighted by atomic mass is 10.1. The molecule has 0 aliphatic carbocycles. The van der Waals surface area contributed by atoms with E-state index >= 15 is 0 Å². The monoisotopic (exact) mass is 359 g/mol. The van der Waals surface area contributed by atoms with Gasteiger partial charge in [0.2, 0.25) is 0 Å². The second-order valence-corrected chi connectivity index (χ2v) is 6.86. The van der Waals surface area contributed by atoms with Crippen molar-refractivity contribution in [2.24, 2.45) is 0 Å². The van der Waals surface area contributed by atoms with Gasteiger partial charge in [-0.05, 0) is 30.5 Å². The fourth-order valence-electron chi connectivity index (χ4n) is 3.00. The van der Waals surface area contributed by atoms with Crippen LogP contribution in [0.1, 0.15) is 24.5 Å². The lowest BCUT2D eigenvalue weighted by Gasteiger charge is -2.33. The minimum Gasteiger partial charge on any atom is -0.377 e. The smallest absolute Gasteiger partial charge is 0.0952 e. The van der Waals surface area contributed by atoms with Gasteiger partial charge in [-0.25, -0.2) is 0 Å². The van der Waals surface area contributed by atoms with E-state index in [0.717, 1.165) is 57.9 Å². The molecule has 2 aliphatic heterocycles. The van der Waals surface area contributed by atoms with Crippen molar-refractivity contribution < 1.29 is 14.2 Å². The molecule has 3 rings (SSSR count). The van der Waals surface area contributed by atoms with Crippen molar-refractivity contribution in [3.63, 3.8) is 0 Å². The minimum atomic E-state index is 0.0386. The van der Waals surface area contributed by atoms with Gasteiger partial charge >= 0.3 is 0 Å². The highest BCUT2D eigenvalue weighted by Crippen LogP contribution is 2.28. The average molecular weight is 360 g/mol. The van der Waals surface area contributed by atoms with Crippen molar-refractivity contribution >= 4 is 23.2 Å². The largest absolute Gasteiger partial charge is 0.377 e. The molecule has 6 heteroatoms. The third-order valence-electron chi connectivity index (χ3n) is 4.35. The first-order valence-electron chi connectivity index (χ1n) is 8.20. The van der Waals surface area contributed by atoms with Gasteiger partial charge in [0.25, 0.3) is 0 Å². The van der Waals surface area contributed by atoms with Gasteiger partial charge in [-0.1, -0.05) is 29.3 Å². The number of hydrogen-bond acceptors (Lipinski definition) is 4. The van der Waals surface area contributed by atoms with Crippen molar-refractivity contribution in [3.05, 3.63) is 33.8 Å². The summed E-state index contributed by atoms with van der Waals surface area (Å²) in [6, 6.07) is 5.70. The van der Waals surface area contributed by atoms with Gasteiger partial charge < -0.3 is 14.2 Å². The standard InChI is InChI=1S/C17H23Cl2NO3/c18-15-4-3-13(10-16(15)19)17-11-20(6-9-23-17)5-8-21-12-14-2-1-7-22-14/h3-4,10,14,17H,1-2,5-9,11-12H2. The van der Waals surface area contributed by atoms with Crippen LogP contribution in [0.25, 0.3) is 0 Å². The predicted molar refractivity (Wildman–Crippen MR) is 91.4 cm³/mol. The summed E-state index contributed by atoms with van der Waals surface area (Å²) >= 11 is 12.1. The first kappa shape index (κ1) is 17.5. The van der Waals surface area contributed by atoms with Gasteiger partial charge in [-0.2, -0.15) is 0 Å². The van der Waals surface area contributed by atoms with Crippen LogP contribution in [0.15, 0.2) is 18.2 Å². The molecule has 0 amide bonds. The molecule has 0 saturated carbocycles. The van der Waals surface area contributed by atoms with Crippen LogP contribution in [0.2, 0.25) is 10.0 Å². The summed E-state index contributed by atoms with van der Waals surface area (Å²) in [7, 11) is 0. The summed E-state index contributed by atoms with van der Waals surface area (Å²) in [5.41, 5.74) is 1.07. The maximum Gasteiger partial charge on any atom is 0.0952 e. The quantitative estimate of drug-likeness (QED) is 0.726. The zero-order valence-electron chi connectivity index (χ0n) is 13.2. The van der Waals surface area contributed by atoms with E-state index in [0.29, 0.717) is 22.8 Å². The molecule has 1 aromatic rings. The second-order valence-electron chi connectivity index (χ2n) is 6.04. The lowest BCUT2D eigenvalue weighted by molar-refractivity contribution is -0.0435. The SMILES string of the molecule is Clc1ccc(C2CN(CCOCC3CCCO3)CCO2)cc1Cl. The molecular formula is C17H23Cl2NO3. The fourth-order valence-corrected chi connectivity index (χ4v) is 3.31. The maximum absolute atomic E-state index is 6.10. The lowest BCUT2D eigenvalue weighted by Crippen LogP contribution is -2.40. The van der Waals surface area contributed by atoms with Crippen molar-refractivity contribution in [3.8, 4) is 0 Å². The molecule has 0 aromatic heterocycles. The Morgan fingerprint density at radius 2 is 2.09 bits per heavy atom. The van der Waals surface area contributed by atoms with Crippen LogP contribution >= 0.6 is 23.2 Å². The van der Waals surface area contributed by atoms with Crippen LogP contribution in [0.5, 0.6) is 0 Å². The highest BCUT2D eigenvalue weighted by atomic mass is 35.5. The predicted octanol–water partition coefficient (Wildman–Crippen LogP) is 3.56. The van der Waals surface area contributed by atoms with Crippen molar-refractivity contribution in [2.45, 2.75) is 25.0 Å². The minimum absolute atomic E-state index is 0.0386. The topological polar surface area (TPSA) is 30.9 Å². The number of rotatable bonds is 6. The van der Waals surface area contributed by atoms with E-state index in [4.69, 9.17) is 37.4 Å². The van der Waals surface area contributed by atoms with E-state index < -0.39 is 0 Å². The Balaban J connectivity index is 1.43. The zero-order valence-corrected chi connectivity index (χ0v) is 14.7. The normalized spacial score (nSPS) is 25.8. The van der Waals surface area contributed by atoms with Crippen LogP contribution in [0, 0.1) is 0 Å². The molecule has 2 heterocycles. The molecule has 2 fully saturated rings. The van der Waals surface area contributed by atoms with E-state index in [-0.39, 0.29) is 6.10 Å². The number of hydrogen-bond donors (Lipinski definition) is 0. The summed E-state index contributed by atoms with van der Waals surface area (Å²) in [6.45, 7) is 5.73. The van der Waals surface area contributed by atoms with Crippen LogP contribution < -0.4 is 0 Å². The zero-order chi connectivity index (χ0) is 16.1. The Morgan fingerprint density at radius 1 is 1.17 bits per heavy atom. The van der Waals surface area contributed by atoms with Crippen molar-refractivity contribution in [2.75, 3.05) is 46.1 Å². The number of halogens is 2. The van der Waals surface area contributed by atoms with E-state index in [1.165, 1.54) is 0 Å². The molecule has 1 aromatic carbocycles. The third-order valence-corrected chi connectivity index (χ3v) is 5.08. The van der Waals surface area contributed by atoms with E-state index in [1.807, 2.05) is 18.2 Å². The number of ether oxygens (including phenoxy) is 3. The molecule has 2 saturated heterocycles. The Kier molecular flexibility index (Phi) is 6.57. The summed E-state index contributed by atoms with van der Waals surface area (Å²) in [5.74, 6) is 0. The first-order chi connectivity index (χ1) is 11.2. The van der Waals surface area contributed by atoms with Gasteiger partial charge in [-0.3, -0.25) is 4.90 Å². The molecule has 2 unspecified atom stereocenters. The summed E-state index contributed by atoms with van der Waals surface area (Å²) < 4.78 is 17.2. The van der Waals surface area contributed by atoms with Crippen LogP contribution in [-0.4, -0.2) is 57.1 Å². The number of benzene rings is 1. The molecule has 0 radical (unpaired) electrons. The highest BCUT2D eigenvalue weighted by Gasteiger charge is 2.22. The molecular weight excluding hydrogens is 337 g/mol. The second kappa shape index (κ2) is 8.65. The molecule has 0 spiro atoms. The highest BCUT2D eigenvalue weighted by molar-refractivity contribution is 6.42. The van der Waals surface area contributed by atoms with Gasteiger partial charge in [0.05, 0.1) is 42.1 Å². The molecule has 2 aliphatic rings. The van der Waals surface area contributed by atoms with Gasteiger partial charge in [0, 0.05) is 26.2 Å². The molecule has 2 atom stereocenters. The Labute approximate surface area is 147 Å². The Bertz CT molecular complexity index is 509. The average Bonchev–Trinajstić information content (AvgIpc) is 3.08. The first-order valence-corrected chi connectivity index (χ1v) is 8.96. The molecule has 0 N–H and O–H groups in total.